The molecule has 1 heterocycles. The fourth-order valence-electron chi connectivity index (χ4n) is 2.84. The van der Waals surface area contributed by atoms with Crippen molar-refractivity contribution in [2.75, 3.05) is 45.8 Å². The maximum atomic E-state index is 12.9. The van der Waals surface area contributed by atoms with Gasteiger partial charge >= 0.3 is 0 Å². The Bertz CT molecular complexity index is 554. The zero-order chi connectivity index (χ0) is 17.5. The number of halogens is 1. The van der Waals surface area contributed by atoms with E-state index in [9.17, 15) is 14.0 Å². The third-order valence-electron chi connectivity index (χ3n) is 4.53. The number of benzene rings is 1. The molecule has 1 aliphatic rings. The van der Waals surface area contributed by atoms with Crippen LogP contribution in [-0.4, -0.2) is 72.3 Å². The summed E-state index contributed by atoms with van der Waals surface area (Å²) in [6.45, 7) is 8.38. The molecule has 0 radical (unpaired) electrons. The number of nitrogens with zero attached hydrogens (tertiary/aromatic N) is 3. The van der Waals surface area contributed by atoms with Gasteiger partial charge in [-0.3, -0.25) is 9.59 Å². The summed E-state index contributed by atoms with van der Waals surface area (Å²) in [5.74, 6) is -0.388. The number of carbonyl (C=O) groups excluding carboxylic acids is 2. The summed E-state index contributed by atoms with van der Waals surface area (Å²) in [4.78, 5) is 30.0. The van der Waals surface area contributed by atoms with Crippen LogP contribution in [0.25, 0.3) is 0 Å². The van der Waals surface area contributed by atoms with Crippen molar-refractivity contribution in [1.29, 1.82) is 0 Å². The van der Waals surface area contributed by atoms with Gasteiger partial charge in [0, 0.05) is 39.6 Å². The number of hydrogen-bond donors (Lipinski definition) is 0. The highest BCUT2D eigenvalue weighted by molar-refractivity contribution is 5.83. The molecule has 0 unspecified atom stereocenters. The third kappa shape index (κ3) is 5.30. The topological polar surface area (TPSA) is 43.9 Å². The van der Waals surface area contributed by atoms with E-state index in [1.54, 1.807) is 17.0 Å². The van der Waals surface area contributed by atoms with Crippen molar-refractivity contribution in [3.8, 4) is 0 Å². The molecule has 0 aliphatic carbocycles. The van der Waals surface area contributed by atoms with Crippen LogP contribution < -0.4 is 0 Å². The first kappa shape index (κ1) is 18.4. The van der Waals surface area contributed by atoms with Gasteiger partial charge in [-0.05, 0) is 30.7 Å². The van der Waals surface area contributed by atoms with Crippen molar-refractivity contribution >= 4 is 11.8 Å². The summed E-state index contributed by atoms with van der Waals surface area (Å²) in [6, 6.07) is 6.23. The second-order valence-electron chi connectivity index (χ2n) is 6.13. The van der Waals surface area contributed by atoms with E-state index in [4.69, 9.17) is 0 Å². The monoisotopic (exact) mass is 335 g/mol. The third-order valence-corrected chi connectivity index (χ3v) is 4.53. The van der Waals surface area contributed by atoms with Crippen LogP contribution in [0, 0.1) is 5.82 Å². The first-order chi connectivity index (χ1) is 11.5. The van der Waals surface area contributed by atoms with Crippen LogP contribution in [-0.2, 0) is 16.0 Å². The molecule has 132 valence electrons. The Balaban J connectivity index is 1.85. The predicted octanol–water partition coefficient (Wildman–Crippen LogP) is 1.38. The van der Waals surface area contributed by atoms with Gasteiger partial charge < -0.3 is 14.7 Å². The van der Waals surface area contributed by atoms with Gasteiger partial charge in [0.1, 0.15) is 5.82 Å². The van der Waals surface area contributed by atoms with Gasteiger partial charge in [-0.1, -0.05) is 19.1 Å². The molecule has 2 rings (SSSR count). The molecule has 0 saturated carbocycles. The Morgan fingerprint density at radius 1 is 1.12 bits per heavy atom. The van der Waals surface area contributed by atoms with Crippen molar-refractivity contribution in [3.05, 3.63) is 35.6 Å². The largest absolute Gasteiger partial charge is 0.339 e. The molecule has 0 atom stereocenters. The van der Waals surface area contributed by atoms with Crippen LogP contribution >= 0.6 is 0 Å². The summed E-state index contributed by atoms with van der Waals surface area (Å²) in [5.41, 5.74) is 0.951. The molecule has 0 N–H and O–H groups in total. The molecular weight excluding hydrogens is 309 g/mol. The van der Waals surface area contributed by atoms with E-state index in [0.29, 0.717) is 13.0 Å². The highest BCUT2D eigenvalue weighted by Gasteiger charge is 2.22. The number of piperazine rings is 1. The Labute approximate surface area is 143 Å². The van der Waals surface area contributed by atoms with Gasteiger partial charge in [-0.15, -0.1) is 0 Å². The average Bonchev–Trinajstić information content (AvgIpc) is 2.59. The summed E-state index contributed by atoms with van der Waals surface area (Å²) in [7, 11) is 0. The van der Waals surface area contributed by atoms with E-state index >= 15 is 0 Å². The van der Waals surface area contributed by atoms with Gasteiger partial charge in [-0.25, -0.2) is 4.39 Å². The Hall–Kier alpha value is -1.95. The van der Waals surface area contributed by atoms with E-state index < -0.39 is 0 Å². The lowest BCUT2D eigenvalue weighted by atomic mass is 10.1. The molecule has 0 bridgehead atoms. The van der Waals surface area contributed by atoms with Crippen molar-refractivity contribution in [2.45, 2.75) is 20.3 Å². The van der Waals surface area contributed by atoms with E-state index in [2.05, 4.69) is 11.8 Å². The van der Waals surface area contributed by atoms with Crippen LogP contribution in [0.1, 0.15) is 19.4 Å². The maximum absolute atomic E-state index is 12.9. The van der Waals surface area contributed by atoms with Gasteiger partial charge in [-0.2, -0.15) is 0 Å². The number of hydrogen-bond acceptors (Lipinski definition) is 3. The second kappa shape index (κ2) is 8.78. The van der Waals surface area contributed by atoms with Crippen molar-refractivity contribution in [2.24, 2.45) is 0 Å². The van der Waals surface area contributed by atoms with Crippen LogP contribution in [0.15, 0.2) is 24.3 Å². The van der Waals surface area contributed by atoms with E-state index in [1.165, 1.54) is 19.1 Å². The van der Waals surface area contributed by atoms with Gasteiger partial charge in [0.05, 0.1) is 6.54 Å². The Morgan fingerprint density at radius 2 is 1.75 bits per heavy atom. The van der Waals surface area contributed by atoms with Crippen molar-refractivity contribution in [3.63, 3.8) is 0 Å². The van der Waals surface area contributed by atoms with Crippen molar-refractivity contribution < 1.29 is 14.0 Å². The predicted molar refractivity (Wildman–Crippen MR) is 91.1 cm³/mol. The number of amides is 2. The highest BCUT2D eigenvalue weighted by Crippen LogP contribution is 2.07. The molecule has 1 aromatic rings. The fraction of sp³-hybridized carbons (Fsp3) is 0.556. The number of rotatable bonds is 6. The summed E-state index contributed by atoms with van der Waals surface area (Å²) < 4.78 is 12.9. The standard InChI is InChI=1S/C18H26FN3O2/c1-3-20-10-12-21(13-11-20)18(24)14-22(15(2)23)9-8-16-4-6-17(19)7-5-16/h4-7H,3,8-14H2,1-2H3. The lowest BCUT2D eigenvalue weighted by molar-refractivity contribution is -0.140. The lowest BCUT2D eigenvalue weighted by Crippen LogP contribution is -2.51. The molecule has 5 nitrogen and oxygen atoms in total. The molecule has 0 aromatic heterocycles. The van der Waals surface area contributed by atoms with Crippen LogP contribution in [0.2, 0.25) is 0 Å². The van der Waals surface area contributed by atoms with Crippen LogP contribution in [0.3, 0.4) is 0 Å². The lowest BCUT2D eigenvalue weighted by Gasteiger charge is -2.35. The fourth-order valence-corrected chi connectivity index (χ4v) is 2.84. The molecule has 24 heavy (non-hydrogen) atoms. The zero-order valence-electron chi connectivity index (χ0n) is 14.5. The Morgan fingerprint density at radius 3 is 2.29 bits per heavy atom. The first-order valence-electron chi connectivity index (χ1n) is 8.49. The second-order valence-corrected chi connectivity index (χ2v) is 6.13. The zero-order valence-corrected chi connectivity index (χ0v) is 14.5. The quantitative estimate of drug-likeness (QED) is 0.789. The first-order valence-corrected chi connectivity index (χ1v) is 8.49. The van der Waals surface area contributed by atoms with E-state index in [0.717, 1.165) is 38.3 Å². The number of carbonyl (C=O) groups is 2. The molecule has 1 fully saturated rings. The average molecular weight is 335 g/mol. The molecule has 0 spiro atoms. The van der Waals surface area contributed by atoms with Crippen molar-refractivity contribution in [1.82, 2.24) is 14.7 Å². The molecule has 6 heteroatoms. The maximum Gasteiger partial charge on any atom is 0.242 e. The SMILES string of the molecule is CCN1CCN(C(=O)CN(CCc2ccc(F)cc2)C(C)=O)CC1. The molecule has 1 aliphatic heterocycles. The minimum absolute atomic E-state index is 0.0000548. The molecule has 1 saturated heterocycles. The summed E-state index contributed by atoms with van der Waals surface area (Å²) in [6.07, 6.45) is 0.608. The number of likely N-dealkylation sites (N-methyl/N-ethyl adjacent to an activating group) is 1. The molecular formula is C18H26FN3O2. The highest BCUT2D eigenvalue weighted by atomic mass is 19.1. The smallest absolute Gasteiger partial charge is 0.242 e. The molecule has 1 aromatic carbocycles. The normalized spacial score (nSPS) is 15.4. The van der Waals surface area contributed by atoms with Crippen LogP contribution in [0.5, 0.6) is 0 Å². The molecule has 2 amide bonds. The van der Waals surface area contributed by atoms with Crippen LogP contribution in [0.4, 0.5) is 4.39 Å². The summed E-state index contributed by atoms with van der Waals surface area (Å²) in [5, 5.41) is 0. The summed E-state index contributed by atoms with van der Waals surface area (Å²) >= 11 is 0. The van der Waals surface area contributed by atoms with Gasteiger partial charge in [0.15, 0.2) is 0 Å². The minimum Gasteiger partial charge on any atom is -0.339 e. The Kier molecular flexibility index (Phi) is 6.73. The van der Waals surface area contributed by atoms with Gasteiger partial charge in [0.25, 0.3) is 0 Å². The van der Waals surface area contributed by atoms with Gasteiger partial charge in [0.2, 0.25) is 11.8 Å². The van der Waals surface area contributed by atoms with E-state index in [1.807, 2.05) is 4.90 Å². The van der Waals surface area contributed by atoms with E-state index in [-0.39, 0.29) is 24.2 Å². The minimum atomic E-state index is -0.274.